The molecule has 1 aromatic heterocycles. The molecule has 4 heteroatoms. The van der Waals surface area contributed by atoms with Gasteiger partial charge >= 0.3 is 0 Å². The first-order chi connectivity index (χ1) is 7.79. The predicted molar refractivity (Wildman–Crippen MR) is 65.2 cm³/mol. The van der Waals surface area contributed by atoms with Crippen molar-refractivity contribution >= 4 is 11.6 Å². The van der Waals surface area contributed by atoms with Crippen LogP contribution in [-0.4, -0.2) is 16.5 Å². The second-order valence-corrected chi connectivity index (χ2v) is 3.76. The summed E-state index contributed by atoms with van der Waals surface area (Å²) in [5, 5.41) is 0.268. The summed E-state index contributed by atoms with van der Waals surface area (Å²) in [5.41, 5.74) is 8.24. The Morgan fingerprint density at radius 1 is 1.12 bits per heavy atom. The van der Waals surface area contributed by atoms with Crippen molar-refractivity contribution in [3.63, 3.8) is 0 Å². The van der Waals surface area contributed by atoms with Gasteiger partial charge in [-0.3, -0.25) is 0 Å². The van der Waals surface area contributed by atoms with E-state index in [1.807, 2.05) is 36.4 Å². The van der Waals surface area contributed by atoms with E-state index in [1.165, 1.54) is 0 Å². The zero-order valence-corrected chi connectivity index (χ0v) is 9.48. The maximum absolute atomic E-state index is 5.87. The number of hydrogen-bond donors (Lipinski definition) is 1. The SMILES string of the molecule is NCCc1cc(-c2ccccc2)nc(Cl)n1. The van der Waals surface area contributed by atoms with Crippen LogP contribution in [-0.2, 0) is 6.42 Å². The van der Waals surface area contributed by atoms with Gasteiger partial charge < -0.3 is 5.73 Å². The van der Waals surface area contributed by atoms with Crippen molar-refractivity contribution < 1.29 is 0 Å². The summed E-state index contributed by atoms with van der Waals surface area (Å²) in [7, 11) is 0. The van der Waals surface area contributed by atoms with Crippen molar-refractivity contribution in [3.8, 4) is 11.3 Å². The normalized spacial score (nSPS) is 10.4. The van der Waals surface area contributed by atoms with E-state index in [-0.39, 0.29) is 5.28 Å². The molecule has 1 aromatic carbocycles. The summed E-state index contributed by atoms with van der Waals surface area (Å²) in [6, 6.07) is 11.8. The molecule has 2 N–H and O–H groups in total. The molecule has 3 nitrogen and oxygen atoms in total. The predicted octanol–water partition coefficient (Wildman–Crippen LogP) is 2.30. The molecule has 82 valence electrons. The number of rotatable bonds is 3. The minimum atomic E-state index is 0.268. The average molecular weight is 234 g/mol. The lowest BCUT2D eigenvalue weighted by atomic mass is 10.1. The minimum Gasteiger partial charge on any atom is -0.330 e. The van der Waals surface area contributed by atoms with Gasteiger partial charge in [0.2, 0.25) is 5.28 Å². The number of aromatic nitrogens is 2. The number of hydrogen-bond acceptors (Lipinski definition) is 3. The maximum atomic E-state index is 5.87. The van der Waals surface area contributed by atoms with Crippen LogP contribution in [0.5, 0.6) is 0 Å². The largest absolute Gasteiger partial charge is 0.330 e. The van der Waals surface area contributed by atoms with Crippen LogP contribution < -0.4 is 5.73 Å². The molecule has 0 spiro atoms. The van der Waals surface area contributed by atoms with E-state index in [0.717, 1.165) is 17.0 Å². The molecule has 1 heterocycles. The fourth-order valence-electron chi connectivity index (χ4n) is 1.50. The Balaban J connectivity index is 2.41. The lowest BCUT2D eigenvalue weighted by Crippen LogP contribution is -2.05. The van der Waals surface area contributed by atoms with Gasteiger partial charge in [-0.25, -0.2) is 9.97 Å². The maximum Gasteiger partial charge on any atom is 0.223 e. The van der Waals surface area contributed by atoms with Gasteiger partial charge in [-0.2, -0.15) is 0 Å². The van der Waals surface area contributed by atoms with Crippen LogP contribution in [0.4, 0.5) is 0 Å². The standard InChI is InChI=1S/C12H12ClN3/c13-12-15-10(6-7-14)8-11(16-12)9-4-2-1-3-5-9/h1-5,8H,6-7,14H2. The van der Waals surface area contributed by atoms with Crippen molar-refractivity contribution in [1.82, 2.24) is 9.97 Å². The molecule has 0 atom stereocenters. The molecule has 0 bridgehead atoms. The smallest absolute Gasteiger partial charge is 0.223 e. The Hall–Kier alpha value is -1.45. The van der Waals surface area contributed by atoms with E-state index >= 15 is 0 Å². The highest BCUT2D eigenvalue weighted by molar-refractivity contribution is 6.28. The van der Waals surface area contributed by atoms with Gasteiger partial charge in [-0.05, 0) is 24.2 Å². The van der Waals surface area contributed by atoms with Crippen molar-refractivity contribution in [1.29, 1.82) is 0 Å². The number of nitrogens with two attached hydrogens (primary N) is 1. The van der Waals surface area contributed by atoms with Gasteiger partial charge in [0.05, 0.1) is 5.69 Å². The molecule has 0 aliphatic carbocycles. The van der Waals surface area contributed by atoms with E-state index < -0.39 is 0 Å². The van der Waals surface area contributed by atoms with Crippen LogP contribution in [0.25, 0.3) is 11.3 Å². The quantitative estimate of drug-likeness (QED) is 0.828. The molecule has 0 fully saturated rings. The fourth-order valence-corrected chi connectivity index (χ4v) is 1.70. The summed E-state index contributed by atoms with van der Waals surface area (Å²) >= 11 is 5.87. The van der Waals surface area contributed by atoms with Gasteiger partial charge in [-0.15, -0.1) is 0 Å². The summed E-state index contributed by atoms with van der Waals surface area (Å²) in [6.07, 6.45) is 0.710. The van der Waals surface area contributed by atoms with E-state index in [0.29, 0.717) is 13.0 Å². The third-order valence-electron chi connectivity index (χ3n) is 2.22. The molecular weight excluding hydrogens is 222 g/mol. The zero-order chi connectivity index (χ0) is 11.4. The Kier molecular flexibility index (Phi) is 3.49. The van der Waals surface area contributed by atoms with Crippen LogP contribution in [0, 0.1) is 0 Å². The molecule has 0 saturated carbocycles. The molecule has 2 rings (SSSR count). The molecule has 0 aliphatic heterocycles. The first-order valence-corrected chi connectivity index (χ1v) is 5.46. The average Bonchev–Trinajstić information content (AvgIpc) is 2.30. The molecular formula is C12H12ClN3. The molecule has 2 aromatic rings. The molecule has 0 unspecified atom stereocenters. The van der Waals surface area contributed by atoms with Gasteiger partial charge in [-0.1, -0.05) is 30.3 Å². The van der Waals surface area contributed by atoms with Crippen molar-refractivity contribution in [2.45, 2.75) is 6.42 Å². The second-order valence-electron chi connectivity index (χ2n) is 3.42. The highest BCUT2D eigenvalue weighted by Gasteiger charge is 2.04. The van der Waals surface area contributed by atoms with Crippen molar-refractivity contribution in [2.24, 2.45) is 5.73 Å². The van der Waals surface area contributed by atoms with E-state index in [9.17, 15) is 0 Å². The topological polar surface area (TPSA) is 51.8 Å². The molecule has 0 saturated heterocycles. The molecule has 0 radical (unpaired) electrons. The molecule has 0 aliphatic rings. The first kappa shape index (κ1) is 11.0. The van der Waals surface area contributed by atoms with E-state index in [1.54, 1.807) is 0 Å². The van der Waals surface area contributed by atoms with E-state index in [4.69, 9.17) is 17.3 Å². The lowest BCUT2D eigenvalue weighted by Gasteiger charge is -2.04. The zero-order valence-electron chi connectivity index (χ0n) is 8.73. The van der Waals surface area contributed by atoms with Gasteiger partial charge in [0.25, 0.3) is 0 Å². The summed E-state index contributed by atoms with van der Waals surface area (Å²) in [4.78, 5) is 8.32. The van der Waals surface area contributed by atoms with Gasteiger partial charge in [0.1, 0.15) is 0 Å². The van der Waals surface area contributed by atoms with Crippen LogP contribution >= 0.6 is 11.6 Å². The van der Waals surface area contributed by atoms with Crippen LogP contribution in [0.2, 0.25) is 5.28 Å². The van der Waals surface area contributed by atoms with Crippen molar-refractivity contribution in [2.75, 3.05) is 6.54 Å². The summed E-state index contributed by atoms with van der Waals surface area (Å²) in [6.45, 7) is 0.557. The third kappa shape index (κ3) is 2.56. The monoisotopic (exact) mass is 233 g/mol. The van der Waals surface area contributed by atoms with Crippen LogP contribution in [0.1, 0.15) is 5.69 Å². The Bertz CT molecular complexity index is 471. The fraction of sp³-hybridized carbons (Fsp3) is 0.167. The van der Waals surface area contributed by atoms with E-state index in [2.05, 4.69) is 9.97 Å². The summed E-state index contributed by atoms with van der Waals surface area (Å²) < 4.78 is 0. The highest BCUT2D eigenvalue weighted by Crippen LogP contribution is 2.18. The highest BCUT2D eigenvalue weighted by atomic mass is 35.5. The lowest BCUT2D eigenvalue weighted by molar-refractivity contribution is 0.911. The minimum absolute atomic E-state index is 0.268. The van der Waals surface area contributed by atoms with Gasteiger partial charge in [0, 0.05) is 17.7 Å². The number of nitrogens with zero attached hydrogens (tertiary/aromatic N) is 2. The molecule has 16 heavy (non-hydrogen) atoms. The Morgan fingerprint density at radius 2 is 1.88 bits per heavy atom. The summed E-state index contributed by atoms with van der Waals surface area (Å²) in [5.74, 6) is 0. The van der Waals surface area contributed by atoms with Crippen molar-refractivity contribution in [3.05, 3.63) is 47.4 Å². The van der Waals surface area contributed by atoms with Gasteiger partial charge in [0.15, 0.2) is 0 Å². The van der Waals surface area contributed by atoms with Crippen LogP contribution in [0.15, 0.2) is 36.4 Å². The number of benzene rings is 1. The van der Waals surface area contributed by atoms with Crippen LogP contribution in [0.3, 0.4) is 0 Å². The Labute approximate surface area is 99.3 Å². The molecule has 0 amide bonds. The third-order valence-corrected chi connectivity index (χ3v) is 2.39. The Morgan fingerprint density at radius 3 is 2.56 bits per heavy atom. The second kappa shape index (κ2) is 5.05. The number of halogens is 1. The first-order valence-electron chi connectivity index (χ1n) is 5.08.